The van der Waals surface area contributed by atoms with Crippen molar-refractivity contribution in [2.24, 2.45) is 0 Å². The van der Waals surface area contributed by atoms with E-state index in [0.29, 0.717) is 17.9 Å². The van der Waals surface area contributed by atoms with Gasteiger partial charge in [-0.2, -0.15) is 4.98 Å². The lowest BCUT2D eigenvalue weighted by Gasteiger charge is -2.23. The summed E-state index contributed by atoms with van der Waals surface area (Å²) >= 11 is 3.33. The zero-order valence-electron chi connectivity index (χ0n) is 9.49. The van der Waals surface area contributed by atoms with Gasteiger partial charge in [0.15, 0.2) is 0 Å². The van der Waals surface area contributed by atoms with Gasteiger partial charge >= 0.3 is 0 Å². The lowest BCUT2D eigenvalue weighted by atomic mass is 10.2. The van der Waals surface area contributed by atoms with E-state index in [1.165, 1.54) is 0 Å². The molecule has 0 bridgehead atoms. The van der Waals surface area contributed by atoms with E-state index in [1.54, 1.807) is 13.3 Å². The van der Waals surface area contributed by atoms with E-state index in [4.69, 9.17) is 4.74 Å². The van der Waals surface area contributed by atoms with Crippen molar-refractivity contribution in [3.8, 4) is 5.88 Å². The molecule has 0 aliphatic rings. The number of methoxy groups -OCH3 is 1. The van der Waals surface area contributed by atoms with Crippen molar-refractivity contribution in [1.29, 1.82) is 0 Å². The van der Waals surface area contributed by atoms with Crippen molar-refractivity contribution in [1.82, 2.24) is 9.97 Å². The first-order chi connectivity index (χ1) is 7.10. The van der Waals surface area contributed by atoms with Gasteiger partial charge in [-0.05, 0) is 29.3 Å². The fourth-order valence-electron chi connectivity index (χ4n) is 1.13. The maximum atomic E-state index is 5.12. The second-order valence-corrected chi connectivity index (χ2v) is 4.25. The first-order valence-corrected chi connectivity index (χ1v) is 5.68. The van der Waals surface area contributed by atoms with E-state index in [-0.39, 0.29) is 0 Å². The Morgan fingerprint density at radius 3 is 2.80 bits per heavy atom. The molecule has 0 aliphatic heterocycles. The average molecular weight is 274 g/mol. The van der Waals surface area contributed by atoms with Gasteiger partial charge in [-0.15, -0.1) is 0 Å². The predicted octanol–water partition coefficient (Wildman–Crippen LogP) is 2.48. The molecule has 0 saturated carbocycles. The van der Waals surface area contributed by atoms with Crippen LogP contribution in [-0.2, 0) is 0 Å². The molecule has 0 aromatic carbocycles. The number of aromatic nitrogens is 2. The van der Waals surface area contributed by atoms with E-state index >= 15 is 0 Å². The number of halogens is 1. The second-order valence-electron chi connectivity index (χ2n) is 3.40. The van der Waals surface area contributed by atoms with Crippen LogP contribution in [0.1, 0.15) is 20.3 Å². The van der Waals surface area contributed by atoms with Crippen molar-refractivity contribution in [2.45, 2.75) is 26.3 Å². The molecule has 0 spiro atoms. The number of nitrogens with zero attached hydrogens (tertiary/aromatic N) is 3. The summed E-state index contributed by atoms with van der Waals surface area (Å²) in [5.41, 5.74) is 0. The maximum Gasteiger partial charge on any atom is 0.232 e. The molecule has 0 saturated heterocycles. The third-order valence-electron chi connectivity index (χ3n) is 2.46. The Labute approximate surface area is 98.8 Å². The van der Waals surface area contributed by atoms with Crippen LogP contribution in [0.25, 0.3) is 0 Å². The monoisotopic (exact) mass is 273 g/mol. The van der Waals surface area contributed by atoms with Crippen LogP contribution in [0, 0.1) is 0 Å². The molecule has 1 aromatic rings. The smallest absolute Gasteiger partial charge is 0.232 e. The van der Waals surface area contributed by atoms with Crippen molar-refractivity contribution < 1.29 is 4.74 Å². The summed E-state index contributed by atoms with van der Waals surface area (Å²) in [4.78, 5) is 10.6. The summed E-state index contributed by atoms with van der Waals surface area (Å²) in [6.07, 6.45) is 2.76. The van der Waals surface area contributed by atoms with E-state index in [2.05, 4.69) is 39.7 Å². The lowest BCUT2D eigenvalue weighted by molar-refractivity contribution is 0.393. The van der Waals surface area contributed by atoms with Gasteiger partial charge in [-0.25, -0.2) is 4.98 Å². The largest absolute Gasteiger partial charge is 0.480 e. The Morgan fingerprint density at radius 2 is 2.27 bits per heavy atom. The molecular formula is C10H16BrN3O. The van der Waals surface area contributed by atoms with E-state index in [1.807, 2.05) is 11.9 Å². The average Bonchev–Trinajstić information content (AvgIpc) is 2.27. The summed E-state index contributed by atoms with van der Waals surface area (Å²) in [7, 11) is 3.58. The highest BCUT2D eigenvalue weighted by Gasteiger charge is 2.12. The first-order valence-electron chi connectivity index (χ1n) is 4.89. The summed E-state index contributed by atoms with van der Waals surface area (Å²) < 4.78 is 5.89. The topological polar surface area (TPSA) is 38.2 Å². The molecule has 1 rings (SSSR count). The number of hydrogen-bond donors (Lipinski definition) is 0. The van der Waals surface area contributed by atoms with Gasteiger partial charge in [0.05, 0.1) is 17.8 Å². The third-order valence-corrected chi connectivity index (χ3v) is 3.00. The van der Waals surface area contributed by atoms with Crippen molar-refractivity contribution in [3.63, 3.8) is 0 Å². The SMILES string of the molecule is CCC(C)N(C)c1ncc(Br)c(OC)n1. The molecule has 1 atom stereocenters. The molecule has 1 unspecified atom stereocenters. The number of ether oxygens (including phenoxy) is 1. The van der Waals surface area contributed by atoms with Crippen molar-refractivity contribution in [3.05, 3.63) is 10.7 Å². The highest BCUT2D eigenvalue weighted by atomic mass is 79.9. The molecule has 0 amide bonds. The fourth-order valence-corrected chi connectivity index (χ4v) is 1.48. The predicted molar refractivity (Wildman–Crippen MR) is 64.4 cm³/mol. The van der Waals surface area contributed by atoms with Crippen LogP contribution < -0.4 is 9.64 Å². The Balaban J connectivity index is 2.95. The normalized spacial score (nSPS) is 12.3. The number of anilines is 1. The van der Waals surface area contributed by atoms with E-state index in [0.717, 1.165) is 10.9 Å². The Morgan fingerprint density at radius 1 is 1.60 bits per heavy atom. The van der Waals surface area contributed by atoms with Gasteiger partial charge in [-0.1, -0.05) is 6.92 Å². The molecule has 0 radical (unpaired) electrons. The van der Waals surface area contributed by atoms with Crippen LogP contribution in [-0.4, -0.2) is 30.2 Å². The van der Waals surface area contributed by atoms with Gasteiger partial charge in [0.25, 0.3) is 0 Å². The van der Waals surface area contributed by atoms with Gasteiger partial charge < -0.3 is 9.64 Å². The summed E-state index contributed by atoms with van der Waals surface area (Å²) in [6, 6.07) is 0.413. The molecule has 15 heavy (non-hydrogen) atoms. The second kappa shape index (κ2) is 5.30. The standard InChI is InChI=1S/C10H16BrN3O/c1-5-7(2)14(3)10-12-6-8(11)9(13-10)15-4/h6-7H,5H2,1-4H3. The van der Waals surface area contributed by atoms with E-state index in [9.17, 15) is 0 Å². The quantitative estimate of drug-likeness (QED) is 0.845. The molecule has 1 aromatic heterocycles. The van der Waals surface area contributed by atoms with Crippen LogP contribution in [0.2, 0.25) is 0 Å². The van der Waals surface area contributed by atoms with Crippen LogP contribution in [0.15, 0.2) is 10.7 Å². The molecule has 1 heterocycles. The van der Waals surface area contributed by atoms with Crippen LogP contribution in [0.3, 0.4) is 0 Å². The minimum atomic E-state index is 0.413. The highest BCUT2D eigenvalue weighted by Crippen LogP contribution is 2.23. The van der Waals surface area contributed by atoms with Crippen LogP contribution >= 0.6 is 15.9 Å². The van der Waals surface area contributed by atoms with Crippen LogP contribution in [0.5, 0.6) is 5.88 Å². The van der Waals surface area contributed by atoms with Gasteiger partial charge in [0.2, 0.25) is 11.8 Å². The van der Waals surface area contributed by atoms with Gasteiger partial charge in [0.1, 0.15) is 0 Å². The molecule has 0 N–H and O–H groups in total. The molecule has 4 nitrogen and oxygen atoms in total. The maximum absolute atomic E-state index is 5.12. The molecule has 84 valence electrons. The van der Waals surface area contributed by atoms with Gasteiger partial charge in [0, 0.05) is 13.1 Å². The first kappa shape index (κ1) is 12.2. The summed E-state index contributed by atoms with van der Waals surface area (Å²) in [5.74, 6) is 1.25. The number of rotatable bonds is 4. The Bertz CT molecular complexity index is 332. The van der Waals surface area contributed by atoms with Crippen molar-refractivity contribution >= 4 is 21.9 Å². The van der Waals surface area contributed by atoms with Crippen molar-refractivity contribution in [2.75, 3.05) is 19.1 Å². The molecular weight excluding hydrogens is 258 g/mol. The van der Waals surface area contributed by atoms with E-state index < -0.39 is 0 Å². The molecule has 0 fully saturated rings. The highest BCUT2D eigenvalue weighted by molar-refractivity contribution is 9.10. The molecule has 0 aliphatic carbocycles. The van der Waals surface area contributed by atoms with Gasteiger partial charge in [-0.3, -0.25) is 0 Å². The minimum Gasteiger partial charge on any atom is -0.480 e. The zero-order valence-corrected chi connectivity index (χ0v) is 11.1. The number of hydrogen-bond acceptors (Lipinski definition) is 4. The zero-order chi connectivity index (χ0) is 11.4. The Kier molecular flexibility index (Phi) is 4.32. The minimum absolute atomic E-state index is 0.413. The Hall–Kier alpha value is -0.840. The lowest BCUT2D eigenvalue weighted by Crippen LogP contribution is -2.29. The van der Waals surface area contributed by atoms with Crippen LogP contribution in [0.4, 0.5) is 5.95 Å². The summed E-state index contributed by atoms with van der Waals surface area (Å²) in [5, 5.41) is 0. The third kappa shape index (κ3) is 2.81. The fraction of sp³-hybridized carbons (Fsp3) is 0.600. The molecule has 5 heteroatoms. The summed E-state index contributed by atoms with van der Waals surface area (Å²) in [6.45, 7) is 4.27.